The van der Waals surface area contributed by atoms with Crippen LogP contribution in [-0.2, 0) is 0 Å². The van der Waals surface area contributed by atoms with E-state index in [1.165, 1.54) is 25.3 Å². The van der Waals surface area contributed by atoms with Gasteiger partial charge in [0.05, 0.1) is 23.7 Å². The molecule has 0 N–H and O–H groups in total. The van der Waals surface area contributed by atoms with Crippen LogP contribution in [0, 0.1) is 28.4 Å². The third-order valence-electron chi connectivity index (χ3n) is 2.84. The molecule has 21 heavy (non-hydrogen) atoms. The lowest BCUT2D eigenvalue weighted by atomic mass is 10.1. The highest BCUT2D eigenvalue weighted by Gasteiger charge is 2.15. The zero-order chi connectivity index (χ0) is 15.4. The number of benzene rings is 2. The van der Waals surface area contributed by atoms with Gasteiger partial charge in [0.25, 0.3) is 5.69 Å². The SMILES string of the molecule is COc1ccc([N+](=O)[O-])cc1Oc1cc(C)ccc1C#N. The average Bonchev–Trinajstić information content (AvgIpc) is 2.47. The van der Waals surface area contributed by atoms with E-state index in [1.54, 1.807) is 18.2 Å². The predicted octanol–water partition coefficient (Wildman–Crippen LogP) is 3.58. The molecule has 0 aliphatic heterocycles. The molecule has 0 heterocycles. The first-order valence-corrected chi connectivity index (χ1v) is 6.06. The van der Waals surface area contributed by atoms with E-state index in [4.69, 9.17) is 14.7 Å². The largest absolute Gasteiger partial charge is 0.493 e. The molecule has 0 fully saturated rings. The second kappa shape index (κ2) is 5.92. The highest BCUT2D eigenvalue weighted by atomic mass is 16.6. The summed E-state index contributed by atoms with van der Waals surface area (Å²) in [6, 6.07) is 11.2. The van der Waals surface area contributed by atoms with E-state index in [0.717, 1.165) is 5.56 Å². The van der Waals surface area contributed by atoms with Crippen LogP contribution in [0.15, 0.2) is 36.4 Å². The molecule has 0 aliphatic carbocycles. The fraction of sp³-hybridized carbons (Fsp3) is 0.133. The second-order valence-corrected chi connectivity index (χ2v) is 4.31. The number of non-ortho nitro benzene ring substituents is 1. The minimum atomic E-state index is -0.520. The number of nitriles is 1. The van der Waals surface area contributed by atoms with Crippen molar-refractivity contribution >= 4 is 5.69 Å². The molecular formula is C15H12N2O4. The minimum Gasteiger partial charge on any atom is -0.493 e. The number of nitro groups is 1. The molecule has 0 aliphatic rings. The summed E-state index contributed by atoms with van der Waals surface area (Å²) in [4.78, 5) is 10.3. The third kappa shape index (κ3) is 3.09. The Hall–Kier alpha value is -3.07. The van der Waals surface area contributed by atoms with Gasteiger partial charge in [-0.05, 0) is 30.7 Å². The highest BCUT2D eigenvalue weighted by molar-refractivity contribution is 5.53. The van der Waals surface area contributed by atoms with Gasteiger partial charge < -0.3 is 9.47 Å². The third-order valence-corrected chi connectivity index (χ3v) is 2.84. The van der Waals surface area contributed by atoms with Crippen molar-refractivity contribution in [1.29, 1.82) is 5.26 Å². The van der Waals surface area contributed by atoms with Crippen molar-refractivity contribution in [2.24, 2.45) is 0 Å². The Labute approximate surface area is 121 Å². The minimum absolute atomic E-state index is 0.114. The molecule has 2 rings (SSSR count). The number of rotatable bonds is 4. The molecule has 0 saturated heterocycles. The standard InChI is InChI=1S/C15H12N2O4/c1-10-3-4-11(9-16)14(7-10)21-15-8-12(17(18)19)5-6-13(15)20-2/h3-8H,1-2H3. The van der Waals surface area contributed by atoms with Crippen molar-refractivity contribution in [3.63, 3.8) is 0 Å². The Morgan fingerprint density at radius 1 is 1.14 bits per heavy atom. The first-order chi connectivity index (χ1) is 10.0. The monoisotopic (exact) mass is 284 g/mol. The molecule has 0 radical (unpaired) electrons. The lowest BCUT2D eigenvalue weighted by molar-refractivity contribution is -0.384. The van der Waals surface area contributed by atoms with Crippen LogP contribution in [-0.4, -0.2) is 12.0 Å². The summed E-state index contributed by atoms with van der Waals surface area (Å²) in [5.74, 6) is 0.871. The van der Waals surface area contributed by atoms with Gasteiger partial charge in [-0.1, -0.05) is 6.07 Å². The van der Waals surface area contributed by atoms with E-state index >= 15 is 0 Å². The molecule has 2 aromatic carbocycles. The zero-order valence-electron chi connectivity index (χ0n) is 11.5. The van der Waals surface area contributed by atoms with Gasteiger partial charge in [-0.2, -0.15) is 5.26 Å². The summed E-state index contributed by atoms with van der Waals surface area (Å²) in [5, 5.41) is 19.9. The van der Waals surface area contributed by atoms with Gasteiger partial charge in [-0.3, -0.25) is 10.1 Å². The second-order valence-electron chi connectivity index (χ2n) is 4.31. The molecule has 106 valence electrons. The Balaban J connectivity index is 2.48. The van der Waals surface area contributed by atoms with E-state index in [1.807, 2.05) is 13.0 Å². The number of hydrogen-bond acceptors (Lipinski definition) is 5. The lowest BCUT2D eigenvalue weighted by Crippen LogP contribution is -1.95. The predicted molar refractivity (Wildman–Crippen MR) is 75.6 cm³/mol. The fourth-order valence-corrected chi connectivity index (χ4v) is 1.78. The summed E-state index contributed by atoms with van der Waals surface area (Å²) in [6.45, 7) is 1.86. The molecule has 0 amide bonds. The molecule has 6 nitrogen and oxygen atoms in total. The van der Waals surface area contributed by atoms with Gasteiger partial charge in [-0.15, -0.1) is 0 Å². The summed E-state index contributed by atoms with van der Waals surface area (Å²) >= 11 is 0. The number of ether oxygens (including phenoxy) is 2. The zero-order valence-corrected chi connectivity index (χ0v) is 11.5. The van der Waals surface area contributed by atoms with Crippen molar-refractivity contribution in [1.82, 2.24) is 0 Å². The van der Waals surface area contributed by atoms with Gasteiger partial charge >= 0.3 is 0 Å². The molecule has 0 aromatic heterocycles. The van der Waals surface area contributed by atoms with Gasteiger partial charge in [0, 0.05) is 6.07 Å². The van der Waals surface area contributed by atoms with Crippen LogP contribution in [0.2, 0.25) is 0 Å². The van der Waals surface area contributed by atoms with Crippen LogP contribution in [0.25, 0.3) is 0 Å². The van der Waals surface area contributed by atoms with Crippen molar-refractivity contribution in [3.8, 4) is 23.3 Å². The van der Waals surface area contributed by atoms with E-state index < -0.39 is 4.92 Å². The Kier molecular flexibility index (Phi) is 4.05. The Morgan fingerprint density at radius 2 is 1.90 bits per heavy atom. The summed E-state index contributed by atoms with van der Waals surface area (Å²) in [6.07, 6.45) is 0. The molecule has 0 atom stereocenters. The van der Waals surface area contributed by atoms with Gasteiger partial charge in [-0.25, -0.2) is 0 Å². The molecule has 6 heteroatoms. The van der Waals surface area contributed by atoms with Gasteiger partial charge in [0.2, 0.25) is 0 Å². The van der Waals surface area contributed by atoms with E-state index in [0.29, 0.717) is 17.1 Å². The van der Waals surface area contributed by atoms with Crippen LogP contribution in [0.5, 0.6) is 17.2 Å². The van der Waals surface area contributed by atoms with Crippen molar-refractivity contribution < 1.29 is 14.4 Å². The average molecular weight is 284 g/mol. The summed E-state index contributed by atoms with van der Waals surface area (Å²) in [7, 11) is 1.44. The summed E-state index contributed by atoms with van der Waals surface area (Å²) < 4.78 is 10.8. The normalized spacial score (nSPS) is 9.76. The smallest absolute Gasteiger partial charge is 0.273 e. The maximum Gasteiger partial charge on any atom is 0.273 e. The van der Waals surface area contributed by atoms with Crippen molar-refractivity contribution in [2.45, 2.75) is 6.92 Å². The number of nitrogens with zero attached hydrogens (tertiary/aromatic N) is 2. The number of nitro benzene ring substituents is 1. The Morgan fingerprint density at radius 3 is 2.52 bits per heavy atom. The topological polar surface area (TPSA) is 85.4 Å². The lowest BCUT2D eigenvalue weighted by Gasteiger charge is -2.11. The van der Waals surface area contributed by atoms with Crippen molar-refractivity contribution in [3.05, 3.63) is 57.6 Å². The van der Waals surface area contributed by atoms with Gasteiger partial charge in [0.15, 0.2) is 11.5 Å². The van der Waals surface area contributed by atoms with Crippen LogP contribution in [0.4, 0.5) is 5.69 Å². The summed E-state index contributed by atoms with van der Waals surface area (Å²) in [5.41, 5.74) is 1.14. The van der Waals surface area contributed by atoms with E-state index in [-0.39, 0.29) is 11.4 Å². The first-order valence-electron chi connectivity index (χ1n) is 6.06. The highest BCUT2D eigenvalue weighted by Crippen LogP contribution is 2.36. The van der Waals surface area contributed by atoms with Crippen molar-refractivity contribution in [2.75, 3.05) is 7.11 Å². The Bertz CT molecular complexity index is 735. The van der Waals surface area contributed by atoms with Crippen LogP contribution >= 0.6 is 0 Å². The van der Waals surface area contributed by atoms with Gasteiger partial charge in [0.1, 0.15) is 11.8 Å². The molecule has 0 unspecified atom stereocenters. The molecule has 0 saturated carbocycles. The molecular weight excluding hydrogens is 272 g/mol. The van der Waals surface area contributed by atoms with E-state index in [9.17, 15) is 10.1 Å². The molecule has 0 spiro atoms. The maximum atomic E-state index is 10.8. The number of hydrogen-bond donors (Lipinski definition) is 0. The molecule has 2 aromatic rings. The van der Waals surface area contributed by atoms with Crippen LogP contribution in [0.3, 0.4) is 0 Å². The number of methoxy groups -OCH3 is 1. The fourth-order valence-electron chi connectivity index (χ4n) is 1.78. The number of aryl methyl sites for hydroxylation is 1. The maximum absolute atomic E-state index is 10.8. The quantitative estimate of drug-likeness (QED) is 0.632. The molecule has 0 bridgehead atoms. The van der Waals surface area contributed by atoms with Crippen LogP contribution < -0.4 is 9.47 Å². The first kappa shape index (κ1) is 14.3. The van der Waals surface area contributed by atoms with E-state index in [2.05, 4.69) is 0 Å². The van der Waals surface area contributed by atoms with Crippen LogP contribution in [0.1, 0.15) is 11.1 Å².